The van der Waals surface area contributed by atoms with Gasteiger partial charge in [-0.05, 0) is 17.5 Å². The summed E-state index contributed by atoms with van der Waals surface area (Å²) in [4.78, 5) is 20.4. The Morgan fingerprint density at radius 1 is 1.26 bits per heavy atom. The molecule has 92 valence electrons. The van der Waals surface area contributed by atoms with E-state index in [9.17, 15) is 4.79 Å². The van der Waals surface area contributed by atoms with E-state index in [0.29, 0.717) is 5.39 Å². The third-order valence-corrected chi connectivity index (χ3v) is 3.89. The summed E-state index contributed by atoms with van der Waals surface area (Å²) in [7, 11) is 0. The number of aromatic nitrogens is 3. The zero-order valence-corrected chi connectivity index (χ0v) is 10.6. The van der Waals surface area contributed by atoms with Gasteiger partial charge in [0.15, 0.2) is 4.96 Å². The number of benzene rings is 1. The van der Waals surface area contributed by atoms with Crippen molar-refractivity contribution in [1.29, 1.82) is 0 Å². The van der Waals surface area contributed by atoms with Crippen LogP contribution in [-0.2, 0) is 0 Å². The lowest BCUT2D eigenvalue weighted by Gasteiger charge is -2.00. The van der Waals surface area contributed by atoms with Crippen LogP contribution in [0.3, 0.4) is 0 Å². The van der Waals surface area contributed by atoms with Crippen molar-refractivity contribution in [2.45, 2.75) is 0 Å². The van der Waals surface area contributed by atoms with Crippen LogP contribution < -0.4 is 5.56 Å². The minimum Gasteiger partial charge on any atom is -0.320 e. The van der Waals surface area contributed by atoms with E-state index in [-0.39, 0.29) is 5.56 Å². The Bertz CT molecular complexity index is 919. The molecule has 0 saturated heterocycles. The molecule has 5 heteroatoms. The summed E-state index contributed by atoms with van der Waals surface area (Å²) in [6.07, 6.45) is 3.88. The summed E-state index contributed by atoms with van der Waals surface area (Å²) in [5, 5.41) is 3.61. The molecule has 0 aliphatic rings. The maximum atomic E-state index is 12.0. The quantitative estimate of drug-likeness (QED) is 0.576. The Hall–Kier alpha value is -2.40. The van der Waals surface area contributed by atoms with E-state index in [1.54, 1.807) is 11.3 Å². The molecule has 0 radical (unpaired) electrons. The van der Waals surface area contributed by atoms with Gasteiger partial charge in [-0.3, -0.25) is 9.20 Å². The van der Waals surface area contributed by atoms with E-state index < -0.39 is 0 Å². The summed E-state index contributed by atoms with van der Waals surface area (Å²) in [6, 6.07) is 9.51. The fourth-order valence-electron chi connectivity index (χ4n) is 2.21. The van der Waals surface area contributed by atoms with E-state index >= 15 is 0 Å². The topological polar surface area (TPSA) is 50.2 Å². The first-order valence-electron chi connectivity index (χ1n) is 5.86. The van der Waals surface area contributed by atoms with Gasteiger partial charge in [0.05, 0.1) is 5.69 Å². The highest BCUT2D eigenvalue weighted by molar-refractivity contribution is 7.15. The van der Waals surface area contributed by atoms with Crippen LogP contribution in [0, 0.1) is 0 Å². The molecule has 0 unspecified atom stereocenters. The first-order valence-corrected chi connectivity index (χ1v) is 6.74. The first kappa shape index (κ1) is 10.5. The minimum atomic E-state index is -0.0792. The molecule has 0 saturated carbocycles. The maximum Gasteiger partial charge on any atom is 0.256 e. The van der Waals surface area contributed by atoms with Gasteiger partial charge in [0.1, 0.15) is 5.69 Å². The van der Waals surface area contributed by atoms with E-state index in [1.807, 2.05) is 52.5 Å². The molecule has 0 spiro atoms. The van der Waals surface area contributed by atoms with Crippen LogP contribution >= 0.6 is 11.3 Å². The van der Waals surface area contributed by atoms with Gasteiger partial charge in [0, 0.05) is 23.2 Å². The second kappa shape index (κ2) is 3.80. The molecule has 4 aromatic rings. The zero-order chi connectivity index (χ0) is 12.8. The van der Waals surface area contributed by atoms with Gasteiger partial charge in [0.25, 0.3) is 5.56 Å². The van der Waals surface area contributed by atoms with Gasteiger partial charge >= 0.3 is 0 Å². The SMILES string of the molecule is O=c1[nH]c(-c2cn3ccsc3n2)cc2ccccc12. The molecule has 19 heavy (non-hydrogen) atoms. The lowest BCUT2D eigenvalue weighted by molar-refractivity contribution is 1.23. The molecule has 0 aliphatic heterocycles. The molecule has 4 nitrogen and oxygen atoms in total. The monoisotopic (exact) mass is 267 g/mol. The van der Waals surface area contributed by atoms with Crippen molar-refractivity contribution < 1.29 is 0 Å². The van der Waals surface area contributed by atoms with Crippen molar-refractivity contribution in [1.82, 2.24) is 14.4 Å². The van der Waals surface area contributed by atoms with Gasteiger partial charge in [-0.15, -0.1) is 11.3 Å². The van der Waals surface area contributed by atoms with Crippen molar-refractivity contribution in [3.8, 4) is 11.4 Å². The van der Waals surface area contributed by atoms with E-state index in [4.69, 9.17) is 0 Å². The molecular formula is C14H9N3OS. The Labute approximate surface area is 112 Å². The van der Waals surface area contributed by atoms with Crippen LogP contribution in [0.15, 0.2) is 52.9 Å². The molecule has 1 aromatic carbocycles. The number of H-pyrrole nitrogens is 1. The van der Waals surface area contributed by atoms with Gasteiger partial charge in [-0.25, -0.2) is 4.98 Å². The normalized spacial score (nSPS) is 11.4. The largest absolute Gasteiger partial charge is 0.320 e. The highest BCUT2D eigenvalue weighted by Gasteiger charge is 2.08. The molecule has 4 rings (SSSR count). The van der Waals surface area contributed by atoms with Crippen LogP contribution in [-0.4, -0.2) is 14.4 Å². The van der Waals surface area contributed by atoms with Crippen LogP contribution in [0.5, 0.6) is 0 Å². The van der Waals surface area contributed by atoms with Crippen molar-refractivity contribution in [3.05, 3.63) is 58.5 Å². The number of fused-ring (bicyclic) bond motifs is 2. The van der Waals surface area contributed by atoms with Crippen LogP contribution in [0.4, 0.5) is 0 Å². The average molecular weight is 267 g/mol. The summed E-state index contributed by atoms with van der Waals surface area (Å²) in [6.45, 7) is 0. The summed E-state index contributed by atoms with van der Waals surface area (Å²) in [5.41, 5.74) is 1.46. The third-order valence-electron chi connectivity index (χ3n) is 3.12. The van der Waals surface area contributed by atoms with Crippen LogP contribution in [0.1, 0.15) is 0 Å². The Balaban J connectivity index is 2.00. The zero-order valence-electron chi connectivity index (χ0n) is 9.83. The summed E-state index contributed by atoms with van der Waals surface area (Å²) >= 11 is 1.57. The van der Waals surface area contributed by atoms with Gasteiger partial charge in [0.2, 0.25) is 0 Å². The number of hydrogen-bond acceptors (Lipinski definition) is 3. The highest BCUT2D eigenvalue weighted by Crippen LogP contribution is 2.21. The third kappa shape index (κ3) is 1.59. The van der Waals surface area contributed by atoms with Crippen molar-refractivity contribution >= 4 is 27.1 Å². The van der Waals surface area contributed by atoms with E-state index in [2.05, 4.69) is 9.97 Å². The van der Waals surface area contributed by atoms with Gasteiger partial charge < -0.3 is 4.98 Å². The molecule has 1 N–H and O–H groups in total. The molecule has 0 atom stereocenters. The average Bonchev–Trinajstić information content (AvgIpc) is 2.99. The molecule has 0 fully saturated rings. The summed E-state index contributed by atoms with van der Waals surface area (Å²) in [5.74, 6) is 0. The van der Waals surface area contributed by atoms with Gasteiger partial charge in [-0.1, -0.05) is 18.2 Å². The Kier molecular flexibility index (Phi) is 2.10. The lowest BCUT2D eigenvalue weighted by atomic mass is 10.1. The smallest absolute Gasteiger partial charge is 0.256 e. The fraction of sp³-hybridized carbons (Fsp3) is 0. The molecule has 3 heterocycles. The lowest BCUT2D eigenvalue weighted by Crippen LogP contribution is -2.06. The van der Waals surface area contributed by atoms with Crippen molar-refractivity contribution in [2.75, 3.05) is 0 Å². The van der Waals surface area contributed by atoms with Crippen molar-refractivity contribution in [3.63, 3.8) is 0 Å². The Morgan fingerprint density at radius 2 is 2.16 bits per heavy atom. The molecular weight excluding hydrogens is 258 g/mol. The minimum absolute atomic E-state index is 0.0792. The maximum absolute atomic E-state index is 12.0. The predicted octanol–water partition coefficient (Wildman–Crippen LogP) is 2.90. The molecule has 0 aliphatic carbocycles. The summed E-state index contributed by atoms with van der Waals surface area (Å²) < 4.78 is 1.95. The van der Waals surface area contributed by atoms with E-state index in [0.717, 1.165) is 21.7 Å². The van der Waals surface area contributed by atoms with Crippen LogP contribution in [0.25, 0.3) is 27.1 Å². The number of nitrogens with one attached hydrogen (secondary N) is 1. The molecule has 0 bridgehead atoms. The second-order valence-corrected chi connectivity index (χ2v) is 5.19. The van der Waals surface area contributed by atoms with Crippen molar-refractivity contribution in [2.24, 2.45) is 0 Å². The molecule has 0 amide bonds. The van der Waals surface area contributed by atoms with Gasteiger partial charge in [-0.2, -0.15) is 0 Å². The highest BCUT2D eigenvalue weighted by atomic mass is 32.1. The number of aromatic amines is 1. The fourth-order valence-corrected chi connectivity index (χ4v) is 2.91. The first-order chi connectivity index (χ1) is 9.31. The number of thiazole rings is 1. The second-order valence-electron chi connectivity index (χ2n) is 4.32. The number of nitrogens with zero attached hydrogens (tertiary/aromatic N) is 2. The number of rotatable bonds is 1. The number of pyridine rings is 1. The van der Waals surface area contributed by atoms with E-state index in [1.165, 1.54) is 0 Å². The molecule has 3 aromatic heterocycles. The number of hydrogen-bond donors (Lipinski definition) is 1. The standard InChI is InChI=1S/C14H9N3OS/c18-13-10-4-2-1-3-9(10)7-11(15-13)12-8-17-5-6-19-14(17)16-12/h1-8H,(H,15,18). The predicted molar refractivity (Wildman–Crippen MR) is 76.6 cm³/mol. The Morgan fingerprint density at radius 3 is 3.05 bits per heavy atom. The number of imidazole rings is 1. The van der Waals surface area contributed by atoms with Crippen LogP contribution in [0.2, 0.25) is 0 Å².